The number of carbonyl (C=O) groups excluding carboxylic acids is 2. The molecule has 1 aromatic heterocycles. The summed E-state index contributed by atoms with van der Waals surface area (Å²) in [6.07, 6.45) is 2.82. The van der Waals surface area contributed by atoms with Crippen molar-refractivity contribution in [3.63, 3.8) is 0 Å². The summed E-state index contributed by atoms with van der Waals surface area (Å²) in [7, 11) is 4.96. The molecule has 1 aliphatic heterocycles. The molecule has 2 aromatic rings. The predicted octanol–water partition coefficient (Wildman–Crippen LogP) is 5.21. The number of nitrogens with one attached hydrogen (secondary N) is 1. The zero-order valence-electron chi connectivity index (χ0n) is 24.0. The van der Waals surface area contributed by atoms with Crippen molar-refractivity contribution in [1.82, 2.24) is 19.7 Å². The molecule has 1 unspecified atom stereocenters. The van der Waals surface area contributed by atoms with Crippen LogP contribution in [0.2, 0.25) is 5.02 Å². The Morgan fingerprint density at radius 3 is 2.56 bits per heavy atom. The molecule has 0 saturated carbocycles. The fourth-order valence-corrected chi connectivity index (χ4v) is 5.30. The predicted molar refractivity (Wildman–Crippen MR) is 158 cm³/mol. The molecule has 1 fully saturated rings. The Morgan fingerprint density at radius 1 is 1.21 bits per heavy atom. The van der Waals surface area contributed by atoms with Gasteiger partial charge in [-0.3, -0.25) is 4.79 Å². The molecule has 2 amide bonds. The Balaban J connectivity index is 0.00000533. The first-order valence-corrected chi connectivity index (χ1v) is 13.9. The maximum absolute atomic E-state index is 14.2. The first kappa shape index (κ1) is 33.0. The van der Waals surface area contributed by atoms with Crippen LogP contribution in [0.5, 0.6) is 5.75 Å². The van der Waals surface area contributed by atoms with Crippen LogP contribution in [0, 0.1) is 0 Å². The van der Waals surface area contributed by atoms with Crippen molar-refractivity contribution >= 4 is 46.9 Å². The van der Waals surface area contributed by atoms with Gasteiger partial charge in [0.25, 0.3) is 5.91 Å². The standard InChI is InChI=1S/C28H43ClN4O5.ClH/c1-19(2)33(21-11-10-14-30-17-21)27(34)26-24(29)22-12-9-13-23(25(22)32(26)15-7-8-16-36-6)38-20(3)18-37-28(35)31(4)5;/h9,12-13,19-21,30H,7-8,10-11,14-18H2,1-6H3;1H/t20?,21-;/m1./s1. The number of ether oxygens (including phenoxy) is 3. The molecule has 1 N–H and O–H groups in total. The number of fused-ring (bicyclic) bond motifs is 1. The van der Waals surface area contributed by atoms with Crippen molar-refractivity contribution in [2.24, 2.45) is 0 Å². The van der Waals surface area contributed by atoms with Crippen molar-refractivity contribution in [2.45, 2.75) is 71.2 Å². The van der Waals surface area contributed by atoms with Gasteiger partial charge in [0.15, 0.2) is 0 Å². The number of hydrogen-bond acceptors (Lipinski definition) is 6. The van der Waals surface area contributed by atoms with E-state index in [9.17, 15) is 9.59 Å². The summed E-state index contributed by atoms with van der Waals surface area (Å²) in [4.78, 5) is 29.5. The summed E-state index contributed by atoms with van der Waals surface area (Å²) in [5.74, 6) is 0.527. The monoisotopic (exact) mass is 586 g/mol. The average Bonchev–Trinajstić information content (AvgIpc) is 3.17. The van der Waals surface area contributed by atoms with E-state index in [4.69, 9.17) is 25.8 Å². The Morgan fingerprint density at radius 2 is 1.95 bits per heavy atom. The van der Waals surface area contributed by atoms with Crippen LogP contribution in [-0.4, -0.2) is 92.1 Å². The lowest BCUT2D eigenvalue weighted by molar-refractivity contribution is 0.0562. The van der Waals surface area contributed by atoms with Crippen LogP contribution in [0.4, 0.5) is 4.79 Å². The van der Waals surface area contributed by atoms with E-state index in [1.807, 2.05) is 34.6 Å². The molecule has 220 valence electrons. The van der Waals surface area contributed by atoms with Gasteiger partial charge in [-0.15, -0.1) is 12.4 Å². The maximum Gasteiger partial charge on any atom is 0.409 e. The van der Waals surface area contributed by atoms with E-state index in [-0.39, 0.29) is 37.0 Å². The second kappa shape index (κ2) is 15.6. The van der Waals surface area contributed by atoms with Gasteiger partial charge in [0.1, 0.15) is 24.2 Å². The van der Waals surface area contributed by atoms with Crippen LogP contribution >= 0.6 is 24.0 Å². The molecule has 1 aromatic carbocycles. The summed E-state index contributed by atoms with van der Waals surface area (Å²) in [5, 5.41) is 4.63. The van der Waals surface area contributed by atoms with E-state index < -0.39 is 12.2 Å². The van der Waals surface area contributed by atoms with Gasteiger partial charge in [-0.25, -0.2) is 4.79 Å². The zero-order chi connectivity index (χ0) is 27.8. The highest BCUT2D eigenvalue weighted by atomic mass is 35.5. The highest BCUT2D eigenvalue weighted by Gasteiger charge is 2.33. The topological polar surface area (TPSA) is 85.3 Å². The number of amides is 2. The number of carbonyl (C=O) groups is 2. The number of unbranched alkanes of at least 4 members (excludes halogenated alkanes) is 1. The third kappa shape index (κ3) is 8.16. The van der Waals surface area contributed by atoms with Gasteiger partial charge in [0.05, 0.1) is 10.5 Å². The van der Waals surface area contributed by atoms with Gasteiger partial charge in [-0.2, -0.15) is 0 Å². The van der Waals surface area contributed by atoms with E-state index in [1.165, 1.54) is 4.90 Å². The Kier molecular flexibility index (Phi) is 13.2. The molecule has 9 nitrogen and oxygen atoms in total. The number of aryl methyl sites for hydroxylation is 1. The van der Waals surface area contributed by atoms with Crippen molar-refractivity contribution in [3.05, 3.63) is 28.9 Å². The maximum atomic E-state index is 14.2. The number of para-hydroxylation sites is 1. The van der Waals surface area contributed by atoms with Crippen LogP contribution in [0.25, 0.3) is 10.9 Å². The first-order valence-electron chi connectivity index (χ1n) is 13.5. The van der Waals surface area contributed by atoms with E-state index in [0.717, 1.165) is 49.7 Å². The third-order valence-corrected chi connectivity index (χ3v) is 7.14. The Labute approximate surface area is 243 Å². The lowest BCUT2D eigenvalue weighted by Gasteiger charge is -2.38. The number of halogens is 2. The lowest BCUT2D eigenvalue weighted by Crippen LogP contribution is -2.52. The van der Waals surface area contributed by atoms with Gasteiger partial charge in [-0.1, -0.05) is 23.7 Å². The zero-order valence-corrected chi connectivity index (χ0v) is 25.6. The second-order valence-electron chi connectivity index (χ2n) is 10.4. The van der Waals surface area contributed by atoms with Gasteiger partial charge >= 0.3 is 6.09 Å². The van der Waals surface area contributed by atoms with Crippen molar-refractivity contribution in [3.8, 4) is 5.75 Å². The summed E-state index contributed by atoms with van der Waals surface area (Å²) in [6.45, 7) is 9.02. The molecule has 1 aliphatic rings. The second-order valence-corrected chi connectivity index (χ2v) is 10.8. The molecule has 0 bridgehead atoms. The molecule has 1 saturated heterocycles. The molecule has 39 heavy (non-hydrogen) atoms. The van der Waals surface area contributed by atoms with E-state index in [0.29, 0.717) is 29.6 Å². The number of benzene rings is 1. The molecule has 2 atom stereocenters. The molecule has 2 heterocycles. The fourth-order valence-electron chi connectivity index (χ4n) is 4.96. The minimum Gasteiger partial charge on any atom is -0.485 e. The Bertz CT molecular complexity index is 1090. The summed E-state index contributed by atoms with van der Waals surface area (Å²) in [5.41, 5.74) is 1.26. The van der Waals surface area contributed by atoms with E-state index in [1.54, 1.807) is 21.2 Å². The van der Waals surface area contributed by atoms with Gasteiger partial charge in [0.2, 0.25) is 0 Å². The normalized spacial score (nSPS) is 16.1. The number of aromatic nitrogens is 1. The quantitative estimate of drug-likeness (QED) is 0.343. The largest absolute Gasteiger partial charge is 0.485 e. The number of rotatable bonds is 12. The van der Waals surface area contributed by atoms with Crippen LogP contribution in [0.15, 0.2) is 18.2 Å². The molecule has 11 heteroatoms. The fraction of sp³-hybridized carbons (Fsp3) is 0.643. The van der Waals surface area contributed by atoms with Crippen molar-refractivity contribution in [2.75, 3.05) is 47.5 Å². The summed E-state index contributed by atoms with van der Waals surface area (Å²) < 4.78 is 18.8. The lowest BCUT2D eigenvalue weighted by atomic mass is 10.0. The number of methoxy groups -OCH3 is 1. The summed E-state index contributed by atoms with van der Waals surface area (Å²) >= 11 is 6.99. The van der Waals surface area contributed by atoms with Crippen LogP contribution in [0.1, 0.15) is 56.9 Å². The minimum atomic E-state index is -0.429. The number of nitrogens with zero attached hydrogens (tertiary/aromatic N) is 3. The van der Waals surface area contributed by atoms with Crippen LogP contribution < -0.4 is 10.1 Å². The molecule has 0 aliphatic carbocycles. The SMILES string of the molecule is COCCCCn1c(C(=O)N(C(C)C)[C@@H]2CCCNC2)c(Cl)c2cccc(OC(C)COC(=O)N(C)C)c21.Cl. The number of hydrogen-bond donors (Lipinski definition) is 1. The molecule has 3 rings (SSSR count). The van der Waals surface area contributed by atoms with Gasteiger partial charge < -0.3 is 33.9 Å². The molecule has 0 spiro atoms. The number of piperidine rings is 1. The first-order chi connectivity index (χ1) is 18.2. The van der Waals surface area contributed by atoms with Crippen LogP contribution in [-0.2, 0) is 16.0 Å². The van der Waals surface area contributed by atoms with Gasteiger partial charge in [-0.05, 0) is 59.1 Å². The highest BCUT2D eigenvalue weighted by Crippen LogP contribution is 2.38. The van der Waals surface area contributed by atoms with Crippen molar-refractivity contribution < 1.29 is 23.8 Å². The molecular weight excluding hydrogens is 543 g/mol. The summed E-state index contributed by atoms with van der Waals surface area (Å²) in [6, 6.07) is 5.79. The van der Waals surface area contributed by atoms with Crippen LogP contribution in [0.3, 0.4) is 0 Å². The van der Waals surface area contributed by atoms with E-state index >= 15 is 0 Å². The van der Waals surface area contributed by atoms with Gasteiger partial charge in [0, 0.05) is 58.4 Å². The average molecular weight is 588 g/mol. The smallest absolute Gasteiger partial charge is 0.409 e. The van der Waals surface area contributed by atoms with Crippen molar-refractivity contribution in [1.29, 1.82) is 0 Å². The van der Waals surface area contributed by atoms with E-state index in [2.05, 4.69) is 19.2 Å². The Hall–Kier alpha value is -2.20. The minimum absolute atomic E-state index is 0. The highest BCUT2D eigenvalue weighted by molar-refractivity contribution is 6.39. The third-order valence-electron chi connectivity index (χ3n) is 6.76. The molecular formula is C28H44Cl2N4O5. The molecule has 0 radical (unpaired) electrons.